The first kappa shape index (κ1) is 11.1. The first-order valence-corrected chi connectivity index (χ1v) is 6.29. The van der Waals surface area contributed by atoms with Crippen molar-refractivity contribution in [3.63, 3.8) is 0 Å². The Hall–Kier alpha value is -1.03. The molecule has 2 heterocycles. The second-order valence-corrected chi connectivity index (χ2v) is 4.98. The molecule has 1 aliphatic rings. The number of para-hydroxylation sites is 1. The van der Waals surface area contributed by atoms with Gasteiger partial charge in [-0.3, -0.25) is 0 Å². The molecule has 1 aromatic heterocycles. The lowest BCUT2D eigenvalue weighted by Gasteiger charge is -2.28. The quantitative estimate of drug-likeness (QED) is 0.727. The number of fused-ring (bicyclic) bond motifs is 1. The highest BCUT2D eigenvalue weighted by Crippen LogP contribution is 2.33. The normalized spacial score (nSPS) is 25.3. The zero-order chi connectivity index (χ0) is 11.8. The maximum absolute atomic E-state index is 10.1. The van der Waals surface area contributed by atoms with Crippen LogP contribution in [0.5, 0.6) is 0 Å². The lowest BCUT2D eigenvalue weighted by Crippen LogP contribution is -2.39. The Labute approximate surface area is 105 Å². The highest BCUT2D eigenvalue weighted by atomic mass is 35.5. The van der Waals surface area contributed by atoms with E-state index in [-0.39, 0.29) is 12.0 Å². The summed E-state index contributed by atoms with van der Waals surface area (Å²) in [5, 5.41) is 15.1. The van der Waals surface area contributed by atoms with Crippen LogP contribution in [0, 0.1) is 0 Å². The van der Waals surface area contributed by atoms with E-state index in [0.29, 0.717) is 6.54 Å². The van der Waals surface area contributed by atoms with Crippen molar-refractivity contribution in [2.24, 2.45) is 0 Å². The fraction of sp³-hybridized carbons (Fsp3) is 0.385. The second-order valence-electron chi connectivity index (χ2n) is 4.57. The molecule has 1 aliphatic heterocycles. The molecule has 90 valence electrons. The van der Waals surface area contributed by atoms with Crippen LogP contribution < -0.4 is 5.32 Å². The van der Waals surface area contributed by atoms with Crippen LogP contribution in [0.1, 0.15) is 17.9 Å². The van der Waals surface area contributed by atoms with E-state index in [1.165, 1.54) is 5.56 Å². The molecule has 0 radical (unpaired) electrons. The van der Waals surface area contributed by atoms with Gasteiger partial charge in [-0.05, 0) is 24.6 Å². The van der Waals surface area contributed by atoms with E-state index >= 15 is 0 Å². The minimum atomic E-state index is -0.318. The van der Waals surface area contributed by atoms with Crippen LogP contribution in [0.2, 0.25) is 5.02 Å². The Bertz CT molecular complexity index is 537. The Kier molecular flexibility index (Phi) is 2.82. The number of aromatic nitrogens is 1. The molecule has 0 aliphatic carbocycles. The van der Waals surface area contributed by atoms with Gasteiger partial charge in [0, 0.05) is 24.0 Å². The minimum absolute atomic E-state index is 0.198. The highest BCUT2D eigenvalue weighted by Gasteiger charge is 2.26. The molecule has 1 fully saturated rings. The molecule has 1 aromatic carbocycles. The summed E-state index contributed by atoms with van der Waals surface area (Å²) in [5.74, 6) is 0.198. The van der Waals surface area contributed by atoms with E-state index in [4.69, 9.17) is 11.6 Å². The maximum atomic E-state index is 10.1. The molecule has 2 atom stereocenters. The summed E-state index contributed by atoms with van der Waals surface area (Å²) in [7, 11) is 0. The maximum Gasteiger partial charge on any atom is 0.0734 e. The van der Waals surface area contributed by atoms with E-state index in [1.54, 1.807) is 0 Å². The van der Waals surface area contributed by atoms with Crippen molar-refractivity contribution in [1.29, 1.82) is 0 Å². The van der Waals surface area contributed by atoms with Crippen LogP contribution in [-0.4, -0.2) is 29.3 Å². The van der Waals surface area contributed by atoms with E-state index in [0.717, 1.165) is 28.9 Å². The number of rotatable bonds is 1. The van der Waals surface area contributed by atoms with Gasteiger partial charge in [-0.2, -0.15) is 0 Å². The lowest BCUT2D eigenvalue weighted by molar-refractivity contribution is 0.119. The Morgan fingerprint density at radius 3 is 3.06 bits per heavy atom. The number of piperidine rings is 1. The smallest absolute Gasteiger partial charge is 0.0734 e. The summed E-state index contributed by atoms with van der Waals surface area (Å²) >= 11 is 6.14. The fourth-order valence-corrected chi connectivity index (χ4v) is 2.88. The van der Waals surface area contributed by atoms with Crippen molar-refractivity contribution in [2.45, 2.75) is 18.4 Å². The molecule has 3 rings (SSSR count). The van der Waals surface area contributed by atoms with Gasteiger partial charge < -0.3 is 15.4 Å². The third-order valence-corrected chi connectivity index (χ3v) is 3.86. The molecule has 0 saturated carbocycles. The summed E-state index contributed by atoms with van der Waals surface area (Å²) in [4.78, 5) is 3.21. The number of hydrogen-bond donors (Lipinski definition) is 3. The van der Waals surface area contributed by atoms with Crippen LogP contribution in [0.25, 0.3) is 10.9 Å². The molecule has 2 aromatic rings. The molecule has 0 bridgehead atoms. The summed E-state index contributed by atoms with van der Waals surface area (Å²) in [6.07, 6.45) is 2.62. The Balaban J connectivity index is 2.08. The van der Waals surface area contributed by atoms with Crippen LogP contribution >= 0.6 is 11.6 Å². The molecule has 2 unspecified atom stereocenters. The average molecular weight is 251 g/mol. The molecule has 3 N–H and O–H groups in total. The highest BCUT2D eigenvalue weighted by molar-refractivity contribution is 6.35. The average Bonchev–Trinajstić information content (AvgIpc) is 2.75. The summed E-state index contributed by atoms with van der Waals surface area (Å²) in [6, 6.07) is 5.89. The molecule has 0 spiro atoms. The minimum Gasteiger partial charge on any atom is -0.391 e. The second kappa shape index (κ2) is 4.33. The number of H-pyrrole nitrogens is 1. The largest absolute Gasteiger partial charge is 0.391 e. The van der Waals surface area contributed by atoms with Crippen molar-refractivity contribution in [3.8, 4) is 0 Å². The van der Waals surface area contributed by atoms with Crippen LogP contribution in [0.3, 0.4) is 0 Å². The van der Waals surface area contributed by atoms with E-state index < -0.39 is 0 Å². The first-order valence-electron chi connectivity index (χ1n) is 5.91. The van der Waals surface area contributed by atoms with Gasteiger partial charge in [-0.25, -0.2) is 0 Å². The number of β-amino-alcohol motifs (C(OH)–C–C–N with tert-alkyl or cyclic N) is 1. The van der Waals surface area contributed by atoms with E-state index in [2.05, 4.69) is 16.4 Å². The van der Waals surface area contributed by atoms with Crippen molar-refractivity contribution >= 4 is 22.5 Å². The fourth-order valence-electron chi connectivity index (χ4n) is 2.65. The van der Waals surface area contributed by atoms with Gasteiger partial charge in [-0.1, -0.05) is 23.7 Å². The zero-order valence-electron chi connectivity index (χ0n) is 9.41. The molecule has 0 amide bonds. The predicted octanol–water partition coefficient (Wildman–Crippen LogP) is 2.26. The van der Waals surface area contributed by atoms with Crippen molar-refractivity contribution in [2.75, 3.05) is 13.1 Å². The van der Waals surface area contributed by atoms with Gasteiger partial charge in [0.05, 0.1) is 16.6 Å². The van der Waals surface area contributed by atoms with E-state index in [1.807, 2.05) is 18.3 Å². The Morgan fingerprint density at radius 1 is 1.35 bits per heavy atom. The molecular weight excluding hydrogens is 236 g/mol. The molecule has 4 heteroatoms. The number of halogens is 1. The SMILES string of the molecule is OC1CNCCC1c1c[nH]c2c(Cl)cccc12. The molecule has 17 heavy (non-hydrogen) atoms. The van der Waals surface area contributed by atoms with Crippen molar-refractivity contribution in [3.05, 3.63) is 35.0 Å². The van der Waals surface area contributed by atoms with Crippen molar-refractivity contribution < 1.29 is 5.11 Å². The first-order chi connectivity index (χ1) is 8.27. The van der Waals surface area contributed by atoms with Gasteiger partial charge in [0.25, 0.3) is 0 Å². The van der Waals surface area contributed by atoms with Crippen LogP contribution in [0.4, 0.5) is 0 Å². The number of aliphatic hydroxyl groups excluding tert-OH is 1. The topological polar surface area (TPSA) is 48.0 Å². The number of benzene rings is 1. The van der Waals surface area contributed by atoms with Gasteiger partial charge >= 0.3 is 0 Å². The predicted molar refractivity (Wildman–Crippen MR) is 69.5 cm³/mol. The monoisotopic (exact) mass is 250 g/mol. The van der Waals surface area contributed by atoms with Gasteiger partial charge in [0.15, 0.2) is 0 Å². The van der Waals surface area contributed by atoms with Gasteiger partial charge in [-0.15, -0.1) is 0 Å². The molecule has 3 nitrogen and oxygen atoms in total. The van der Waals surface area contributed by atoms with Gasteiger partial charge in [0.1, 0.15) is 0 Å². The number of aliphatic hydroxyl groups is 1. The number of nitrogens with one attached hydrogen (secondary N) is 2. The number of aromatic amines is 1. The van der Waals surface area contributed by atoms with Crippen LogP contribution in [-0.2, 0) is 0 Å². The number of hydrogen-bond acceptors (Lipinski definition) is 2. The third kappa shape index (κ3) is 1.84. The van der Waals surface area contributed by atoms with Crippen molar-refractivity contribution in [1.82, 2.24) is 10.3 Å². The Morgan fingerprint density at radius 2 is 2.24 bits per heavy atom. The standard InChI is InChI=1S/C13H15ClN2O/c14-11-3-1-2-9-10(6-16-13(9)11)8-4-5-15-7-12(8)17/h1-3,6,8,12,15-17H,4-5,7H2. The van der Waals surface area contributed by atoms with Crippen LogP contribution in [0.15, 0.2) is 24.4 Å². The third-order valence-electron chi connectivity index (χ3n) is 3.55. The summed E-state index contributed by atoms with van der Waals surface area (Å²) in [6.45, 7) is 1.62. The lowest BCUT2D eigenvalue weighted by atomic mass is 9.88. The molecule has 1 saturated heterocycles. The summed E-state index contributed by atoms with van der Waals surface area (Å²) in [5.41, 5.74) is 2.14. The molecular formula is C13H15ClN2O. The summed E-state index contributed by atoms with van der Waals surface area (Å²) < 4.78 is 0. The zero-order valence-corrected chi connectivity index (χ0v) is 10.2. The van der Waals surface area contributed by atoms with E-state index in [9.17, 15) is 5.11 Å². The van der Waals surface area contributed by atoms with Gasteiger partial charge in [0.2, 0.25) is 0 Å².